The van der Waals surface area contributed by atoms with Crippen LogP contribution >= 0.6 is 0 Å². The van der Waals surface area contributed by atoms with Crippen LogP contribution in [0.3, 0.4) is 0 Å². The van der Waals surface area contributed by atoms with E-state index in [-0.39, 0.29) is 0 Å². The van der Waals surface area contributed by atoms with Crippen LogP contribution in [-0.4, -0.2) is 63.4 Å². The predicted molar refractivity (Wildman–Crippen MR) is 71.1 cm³/mol. The maximum absolute atomic E-state index is 11.5. The average Bonchev–Trinajstić information content (AvgIpc) is 2.39. The molecule has 2 atom stereocenters. The maximum atomic E-state index is 11.5. The zero-order chi connectivity index (χ0) is 13.2. The number of rotatable bonds is 3. The minimum Gasteiger partial charge on any atom is -0.480 e. The van der Waals surface area contributed by atoms with E-state index in [1.165, 1.54) is 0 Å². The highest BCUT2D eigenvalue weighted by atomic mass is 32.2. The fraction of sp³-hybridized carbons (Fsp3) is 0.917. The summed E-state index contributed by atoms with van der Waals surface area (Å²) < 4.78 is 11.4. The molecule has 6 heteroatoms. The van der Waals surface area contributed by atoms with Gasteiger partial charge in [0.05, 0.1) is 0 Å². The monoisotopic (exact) mass is 274 g/mol. The minimum absolute atomic E-state index is 0.319. The number of hydrogen-bond acceptors (Lipinski definition) is 4. The van der Waals surface area contributed by atoms with Crippen LogP contribution in [0.5, 0.6) is 0 Å². The van der Waals surface area contributed by atoms with Crippen molar-refractivity contribution in [3.05, 3.63) is 0 Å². The molecule has 0 radical (unpaired) electrons. The molecule has 2 rings (SSSR count). The molecule has 0 aromatic rings. The van der Waals surface area contributed by atoms with Crippen molar-refractivity contribution in [1.29, 1.82) is 0 Å². The Balaban J connectivity index is 2.02. The van der Waals surface area contributed by atoms with E-state index in [1.807, 2.05) is 0 Å². The van der Waals surface area contributed by atoms with Gasteiger partial charge in [-0.05, 0) is 32.7 Å². The zero-order valence-electron chi connectivity index (χ0n) is 10.9. The summed E-state index contributed by atoms with van der Waals surface area (Å²) >= 11 is 0. The van der Waals surface area contributed by atoms with E-state index in [9.17, 15) is 14.1 Å². The number of carboxylic acid groups (broad SMARTS) is 1. The predicted octanol–water partition coefficient (Wildman–Crippen LogP) is 0.0361. The molecule has 0 bridgehead atoms. The third-order valence-corrected chi connectivity index (χ3v) is 5.62. The third-order valence-electron chi connectivity index (χ3n) is 4.34. The first-order chi connectivity index (χ1) is 8.57. The van der Waals surface area contributed by atoms with Gasteiger partial charge in [-0.25, -0.2) is 0 Å². The molecule has 2 N–H and O–H groups in total. The number of aliphatic carboxylic acids is 1. The van der Waals surface area contributed by atoms with Gasteiger partial charge in [0.2, 0.25) is 0 Å². The second-order valence-corrected chi connectivity index (χ2v) is 6.97. The van der Waals surface area contributed by atoms with Gasteiger partial charge in [-0.1, -0.05) is 0 Å². The first-order valence-electron chi connectivity index (χ1n) is 6.59. The van der Waals surface area contributed by atoms with Crippen LogP contribution in [0.1, 0.15) is 25.7 Å². The second kappa shape index (κ2) is 5.67. The lowest BCUT2D eigenvalue weighted by Crippen LogP contribution is -2.58. The molecule has 1 heterocycles. The summed E-state index contributed by atoms with van der Waals surface area (Å²) in [4.78, 5) is 13.8. The highest BCUT2D eigenvalue weighted by Crippen LogP contribution is 2.31. The van der Waals surface area contributed by atoms with Crippen molar-refractivity contribution < 1.29 is 14.1 Å². The highest BCUT2D eigenvalue weighted by Gasteiger charge is 2.43. The van der Waals surface area contributed by atoms with Crippen molar-refractivity contribution in [3.63, 3.8) is 0 Å². The summed E-state index contributed by atoms with van der Waals surface area (Å²) in [5.74, 6) is 0.724. The van der Waals surface area contributed by atoms with Gasteiger partial charge in [-0.15, -0.1) is 0 Å². The summed E-state index contributed by atoms with van der Waals surface area (Å²) in [5.41, 5.74) is -0.764. The van der Waals surface area contributed by atoms with Crippen molar-refractivity contribution in [3.8, 4) is 0 Å². The second-order valence-electron chi connectivity index (χ2n) is 5.27. The van der Waals surface area contributed by atoms with Crippen LogP contribution < -0.4 is 5.32 Å². The highest BCUT2D eigenvalue weighted by molar-refractivity contribution is 7.85. The van der Waals surface area contributed by atoms with E-state index >= 15 is 0 Å². The molecule has 0 aromatic carbocycles. The van der Waals surface area contributed by atoms with Crippen LogP contribution in [0, 0.1) is 0 Å². The van der Waals surface area contributed by atoms with E-state index in [1.54, 1.807) is 7.05 Å². The summed E-state index contributed by atoms with van der Waals surface area (Å²) in [6.07, 6.45) is 3.36. The Morgan fingerprint density at radius 1 is 1.44 bits per heavy atom. The Bertz CT molecular complexity index is 340. The van der Waals surface area contributed by atoms with Gasteiger partial charge in [0.25, 0.3) is 0 Å². The van der Waals surface area contributed by atoms with Crippen LogP contribution in [-0.2, 0) is 15.6 Å². The molecule has 0 amide bonds. The third kappa shape index (κ3) is 2.75. The summed E-state index contributed by atoms with van der Waals surface area (Å²) in [6.45, 7) is 1.69. The number of nitrogens with zero attached hydrogens (tertiary/aromatic N) is 1. The van der Waals surface area contributed by atoms with Crippen molar-refractivity contribution in [2.45, 2.75) is 37.3 Å². The Kier molecular flexibility index (Phi) is 4.40. The molecular formula is C12H22N2O3S. The zero-order valence-corrected chi connectivity index (χ0v) is 11.7. The molecule has 1 saturated heterocycles. The summed E-state index contributed by atoms with van der Waals surface area (Å²) in [5, 5.41) is 12.4. The molecule has 2 unspecified atom stereocenters. The maximum Gasteiger partial charge on any atom is 0.323 e. The smallest absolute Gasteiger partial charge is 0.323 e. The Morgan fingerprint density at radius 2 is 2.11 bits per heavy atom. The lowest BCUT2D eigenvalue weighted by molar-refractivity contribution is -0.147. The Labute approximate surface area is 110 Å². The standard InChI is InChI=1S/C12H22N2O3S/c1-13-12(11(15)16)4-2-3-10(9-12)14-5-7-18(17)8-6-14/h10,13H,2-9H2,1H3,(H,15,16). The van der Waals surface area contributed by atoms with Crippen molar-refractivity contribution >= 4 is 16.8 Å². The van der Waals surface area contributed by atoms with Gasteiger partial charge in [0, 0.05) is 41.4 Å². The number of likely N-dealkylation sites (N-methyl/N-ethyl adjacent to an activating group) is 1. The SMILES string of the molecule is CNC1(C(=O)O)CCCC(N2CCS(=O)CC2)C1. The molecule has 5 nitrogen and oxygen atoms in total. The van der Waals surface area contributed by atoms with Crippen LogP contribution in [0.15, 0.2) is 0 Å². The largest absolute Gasteiger partial charge is 0.480 e. The van der Waals surface area contributed by atoms with E-state index in [2.05, 4.69) is 10.2 Å². The van der Waals surface area contributed by atoms with Crippen LogP contribution in [0.4, 0.5) is 0 Å². The number of carbonyl (C=O) groups is 1. The molecule has 0 spiro atoms. The van der Waals surface area contributed by atoms with E-state index in [4.69, 9.17) is 0 Å². The lowest BCUT2D eigenvalue weighted by atomic mass is 9.78. The van der Waals surface area contributed by atoms with Gasteiger partial charge in [-0.3, -0.25) is 13.9 Å². The van der Waals surface area contributed by atoms with E-state index in [0.717, 1.165) is 37.4 Å². The molecule has 104 valence electrons. The van der Waals surface area contributed by atoms with Crippen molar-refractivity contribution in [1.82, 2.24) is 10.2 Å². The van der Waals surface area contributed by atoms with Gasteiger partial charge in [-0.2, -0.15) is 0 Å². The fourth-order valence-electron chi connectivity index (χ4n) is 3.10. The quantitative estimate of drug-likeness (QED) is 0.760. The Morgan fingerprint density at radius 3 is 2.67 bits per heavy atom. The van der Waals surface area contributed by atoms with Crippen molar-refractivity contribution in [2.75, 3.05) is 31.6 Å². The van der Waals surface area contributed by atoms with Gasteiger partial charge in [0.15, 0.2) is 0 Å². The van der Waals surface area contributed by atoms with Gasteiger partial charge in [0.1, 0.15) is 5.54 Å². The number of hydrogen-bond donors (Lipinski definition) is 2. The summed E-state index contributed by atoms with van der Waals surface area (Å²) in [7, 11) is 1.07. The minimum atomic E-state index is -0.764. The van der Waals surface area contributed by atoms with E-state index in [0.29, 0.717) is 18.9 Å². The average molecular weight is 274 g/mol. The Hall–Kier alpha value is -0.460. The van der Waals surface area contributed by atoms with Crippen LogP contribution in [0.2, 0.25) is 0 Å². The first kappa shape index (κ1) is 14.0. The van der Waals surface area contributed by atoms with Crippen LogP contribution in [0.25, 0.3) is 0 Å². The molecule has 2 fully saturated rings. The fourth-order valence-corrected chi connectivity index (χ4v) is 4.18. The van der Waals surface area contributed by atoms with E-state index < -0.39 is 22.3 Å². The number of nitrogens with one attached hydrogen (secondary N) is 1. The summed E-state index contributed by atoms with van der Waals surface area (Å²) in [6, 6.07) is 0.319. The van der Waals surface area contributed by atoms with Crippen molar-refractivity contribution in [2.24, 2.45) is 0 Å². The van der Waals surface area contributed by atoms with Gasteiger partial charge >= 0.3 is 5.97 Å². The molecule has 18 heavy (non-hydrogen) atoms. The molecule has 1 aliphatic heterocycles. The first-order valence-corrected chi connectivity index (χ1v) is 8.07. The normalized spacial score (nSPS) is 35.5. The lowest BCUT2D eigenvalue weighted by Gasteiger charge is -2.43. The molecular weight excluding hydrogens is 252 g/mol. The molecule has 0 aromatic heterocycles. The van der Waals surface area contributed by atoms with Gasteiger partial charge < -0.3 is 10.4 Å². The number of carboxylic acids is 1. The molecule has 1 saturated carbocycles. The molecule has 2 aliphatic rings. The topological polar surface area (TPSA) is 69.6 Å². The molecule has 1 aliphatic carbocycles.